The van der Waals surface area contributed by atoms with Crippen molar-refractivity contribution in [3.8, 4) is 0 Å². The number of aromatic amines is 1. The lowest BCUT2D eigenvalue weighted by atomic mass is 9.95. The fraction of sp³-hybridized carbons (Fsp3) is 0.385. The van der Waals surface area contributed by atoms with Crippen molar-refractivity contribution in [1.29, 1.82) is 0 Å². The standard InChI is InChI=1S/C13H12F3N/c14-13(15,16)8-5-6-12-10(7-8)9-3-1-2-4-11(9)17-12/h5-7,17H,1-4H2. The van der Waals surface area contributed by atoms with Gasteiger partial charge in [-0.3, -0.25) is 0 Å². The van der Waals surface area contributed by atoms with Crippen molar-refractivity contribution in [2.75, 3.05) is 0 Å². The molecular weight excluding hydrogens is 227 g/mol. The zero-order chi connectivity index (χ0) is 12.0. The van der Waals surface area contributed by atoms with Crippen LogP contribution < -0.4 is 0 Å². The summed E-state index contributed by atoms with van der Waals surface area (Å²) >= 11 is 0. The minimum Gasteiger partial charge on any atom is -0.358 e. The Morgan fingerprint density at radius 2 is 1.82 bits per heavy atom. The van der Waals surface area contributed by atoms with E-state index in [9.17, 15) is 13.2 Å². The van der Waals surface area contributed by atoms with Crippen molar-refractivity contribution in [3.05, 3.63) is 35.0 Å². The molecule has 0 bridgehead atoms. The fourth-order valence-electron chi connectivity index (χ4n) is 2.58. The first kappa shape index (κ1) is 10.7. The molecule has 1 nitrogen and oxygen atoms in total. The topological polar surface area (TPSA) is 15.8 Å². The van der Waals surface area contributed by atoms with Gasteiger partial charge in [0, 0.05) is 16.6 Å². The number of rotatable bonds is 0. The van der Waals surface area contributed by atoms with Crippen LogP contribution >= 0.6 is 0 Å². The lowest BCUT2D eigenvalue weighted by molar-refractivity contribution is -0.137. The first-order valence-corrected chi connectivity index (χ1v) is 5.76. The van der Waals surface area contributed by atoms with E-state index >= 15 is 0 Å². The van der Waals surface area contributed by atoms with E-state index < -0.39 is 11.7 Å². The lowest BCUT2D eigenvalue weighted by Crippen LogP contribution is -2.04. The maximum absolute atomic E-state index is 12.6. The molecule has 1 N–H and O–H groups in total. The minimum absolute atomic E-state index is 0.558. The molecule has 0 amide bonds. The van der Waals surface area contributed by atoms with Crippen molar-refractivity contribution in [1.82, 2.24) is 4.98 Å². The smallest absolute Gasteiger partial charge is 0.358 e. The van der Waals surface area contributed by atoms with Crippen LogP contribution in [0.15, 0.2) is 18.2 Å². The molecule has 0 aliphatic heterocycles. The number of benzene rings is 1. The molecule has 0 saturated heterocycles. The Labute approximate surface area is 96.6 Å². The summed E-state index contributed by atoms with van der Waals surface area (Å²) in [5.74, 6) is 0. The van der Waals surface area contributed by atoms with Gasteiger partial charge in [-0.15, -0.1) is 0 Å². The maximum Gasteiger partial charge on any atom is 0.416 e. The number of alkyl halides is 3. The SMILES string of the molecule is FC(F)(F)c1ccc2[nH]c3c(c2c1)CCCC3. The summed E-state index contributed by atoms with van der Waals surface area (Å²) in [5.41, 5.74) is 2.46. The second-order valence-electron chi connectivity index (χ2n) is 4.55. The van der Waals surface area contributed by atoms with E-state index in [0.29, 0.717) is 0 Å². The van der Waals surface area contributed by atoms with Crippen LogP contribution in [0.4, 0.5) is 13.2 Å². The summed E-state index contributed by atoms with van der Waals surface area (Å²) in [6.45, 7) is 0. The zero-order valence-corrected chi connectivity index (χ0v) is 9.19. The van der Waals surface area contributed by atoms with Crippen LogP contribution in [-0.4, -0.2) is 4.98 Å². The molecule has 1 aliphatic carbocycles. The Hall–Kier alpha value is -1.45. The highest BCUT2D eigenvalue weighted by atomic mass is 19.4. The molecule has 0 radical (unpaired) electrons. The van der Waals surface area contributed by atoms with Gasteiger partial charge in [0.2, 0.25) is 0 Å². The first-order valence-electron chi connectivity index (χ1n) is 5.76. The van der Waals surface area contributed by atoms with Gasteiger partial charge in [0.1, 0.15) is 0 Å². The third-order valence-corrected chi connectivity index (χ3v) is 3.43. The highest BCUT2D eigenvalue weighted by Crippen LogP contribution is 2.35. The molecule has 0 fully saturated rings. The van der Waals surface area contributed by atoms with Gasteiger partial charge in [0.05, 0.1) is 5.56 Å². The van der Waals surface area contributed by atoms with Gasteiger partial charge in [-0.25, -0.2) is 0 Å². The number of halogens is 3. The maximum atomic E-state index is 12.6. The lowest BCUT2D eigenvalue weighted by Gasteiger charge is -2.11. The van der Waals surface area contributed by atoms with Crippen LogP contribution in [0.1, 0.15) is 29.7 Å². The van der Waals surface area contributed by atoms with Crippen LogP contribution in [0, 0.1) is 0 Å². The Morgan fingerprint density at radius 3 is 2.59 bits per heavy atom. The molecule has 3 rings (SSSR count). The summed E-state index contributed by atoms with van der Waals surface area (Å²) in [6.07, 6.45) is -0.239. The molecule has 1 aliphatic rings. The summed E-state index contributed by atoms with van der Waals surface area (Å²) in [5, 5.41) is 0.745. The van der Waals surface area contributed by atoms with E-state index in [4.69, 9.17) is 0 Å². The number of hydrogen-bond donors (Lipinski definition) is 1. The molecule has 0 saturated carbocycles. The van der Waals surface area contributed by atoms with Crippen molar-refractivity contribution < 1.29 is 13.2 Å². The van der Waals surface area contributed by atoms with Crippen molar-refractivity contribution in [2.24, 2.45) is 0 Å². The second-order valence-corrected chi connectivity index (χ2v) is 4.55. The summed E-state index contributed by atoms with van der Waals surface area (Å²) in [7, 11) is 0. The van der Waals surface area contributed by atoms with Gasteiger partial charge >= 0.3 is 6.18 Å². The Morgan fingerprint density at radius 1 is 1.06 bits per heavy atom. The molecule has 4 heteroatoms. The van der Waals surface area contributed by atoms with Crippen LogP contribution in [0.5, 0.6) is 0 Å². The van der Waals surface area contributed by atoms with E-state index in [1.54, 1.807) is 0 Å². The minimum atomic E-state index is -4.26. The summed E-state index contributed by atoms with van der Waals surface area (Å²) in [6, 6.07) is 3.96. The van der Waals surface area contributed by atoms with Crippen LogP contribution in [0.25, 0.3) is 10.9 Å². The molecule has 2 aromatic rings. The number of nitrogens with one attached hydrogen (secondary N) is 1. The molecule has 17 heavy (non-hydrogen) atoms. The fourth-order valence-corrected chi connectivity index (χ4v) is 2.58. The van der Waals surface area contributed by atoms with Gasteiger partial charge in [0.15, 0.2) is 0 Å². The monoisotopic (exact) mass is 239 g/mol. The normalized spacial score (nSPS) is 16.2. The predicted octanol–water partition coefficient (Wildman–Crippen LogP) is 4.07. The van der Waals surface area contributed by atoms with Crippen molar-refractivity contribution >= 4 is 10.9 Å². The van der Waals surface area contributed by atoms with Gasteiger partial charge in [-0.05, 0) is 49.4 Å². The number of aromatic nitrogens is 1. The molecule has 0 spiro atoms. The average Bonchev–Trinajstić information content (AvgIpc) is 2.65. The highest BCUT2D eigenvalue weighted by molar-refractivity contribution is 5.85. The van der Waals surface area contributed by atoms with E-state index in [1.165, 1.54) is 12.1 Å². The predicted molar refractivity (Wildman–Crippen MR) is 59.9 cm³/mol. The van der Waals surface area contributed by atoms with E-state index in [2.05, 4.69) is 4.98 Å². The van der Waals surface area contributed by atoms with E-state index in [1.807, 2.05) is 0 Å². The van der Waals surface area contributed by atoms with Gasteiger partial charge in [-0.2, -0.15) is 13.2 Å². The Kier molecular flexibility index (Phi) is 2.21. The third kappa shape index (κ3) is 1.72. The Bertz CT molecular complexity index is 566. The summed E-state index contributed by atoms with van der Waals surface area (Å²) in [4.78, 5) is 3.23. The van der Waals surface area contributed by atoms with Gasteiger partial charge < -0.3 is 4.98 Å². The molecule has 1 aromatic carbocycles. The first-order chi connectivity index (χ1) is 8.05. The average molecular weight is 239 g/mol. The second kappa shape index (κ2) is 3.52. The number of fused-ring (bicyclic) bond motifs is 3. The third-order valence-electron chi connectivity index (χ3n) is 3.43. The van der Waals surface area contributed by atoms with Crippen LogP contribution in [0.3, 0.4) is 0 Å². The molecule has 1 heterocycles. The number of aryl methyl sites for hydroxylation is 2. The highest BCUT2D eigenvalue weighted by Gasteiger charge is 2.31. The molecule has 0 unspecified atom stereocenters. The molecule has 90 valence electrons. The van der Waals surface area contributed by atoms with E-state index in [0.717, 1.165) is 53.9 Å². The molecule has 1 aromatic heterocycles. The molecular formula is C13H12F3N. The zero-order valence-electron chi connectivity index (χ0n) is 9.19. The van der Waals surface area contributed by atoms with Gasteiger partial charge in [-0.1, -0.05) is 0 Å². The quantitative estimate of drug-likeness (QED) is 0.713. The summed E-state index contributed by atoms with van der Waals surface area (Å²) < 4.78 is 37.9. The largest absolute Gasteiger partial charge is 0.416 e. The van der Waals surface area contributed by atoms with Crippen LogP contribution in [-0.2, 0) is 19.0 Å². The van der Waals surface area contributed by atoms with E-state index in [-0.39, 0.29) is 0 Å². The number of H-pyrrole nitrogens is 1. The van der Waals surface area contributed by atoms with Crippen molar-refractivity contribution in [3.63, 3.8) is 0 Å². The Balaban J connectivity index is 2.21. The number of hydrogen-bond acceptors (Lipinski definition) is 0. The van der Waals surface area contributed by atoms with Gasteiger partial charge in [0.25, 0.3) is 0 Å². The van der Waals surface area contributed by atoms with Crippen LogP contribution in [0.2, 0.25) is 0 Å². The van der Waals surface area contributed by atoms with Crippen molar-refractivity contribution in [2.45, 2.75) is 31.9 Å². The molecule has 0 atom stereocenters.